The molecule has 0 aromatic heterocycles. The average Bonchev–Trinajstić information content (AvgIpc) is 2.94. The van der Waals surface area contributed by atoms with E-state index in [1.54, 1.807) is 7.11 Å². The Morgan fingerprint density at radius 2 is 1.93 bits per heavy atom. The second kappa shape index (κ2) is 6.15. The maximum atomic E-state index is 12.7. The Balaban J connectivity index is 1.75. The number of aliphatic hydroxyl groups is 1. The van der Waals surface area contributed by atoms with Crippen LogP contribution in [0.1, 0.15) is 58.8 Å². The van der Waals surface area contributed by atoms with Gasteiger partial charge in [-0.15, -0.1) is 0 Å². The fourth-order valence-electron chi connectivity index (χ4n) is 7.59. The zero-order valence-corrected chi connectivity index (χ0v) is 16.9. The number of hydrogen-bond acceptors (Lipinski definition) is 5. The third-order valence-corrected chi connectivity index (χ3v) is 8.88. The number of ketones is 1. The minimum Gasteiger partial charge on any atom is -0.467 e. The number of methoxy groups -OCH3 is 2. The highest BCUT2D eigenvalue weighted by Gasteiger charge is 2.69. The van der Waals surface area contributed by atoms with Gasteiger partial charge in [-0.25, -0.2) is 4.79 Å². The van der Waals surface area contributed by atoms with Crippen molar-refractivity contribution < 1.29 is 24.2 Å². The lowest BCUT2D eigenvalue weighted by atomic mass is 9.45. The fraction of sp³-hybridized carbons (Fsp3) is 0.818. The molecule has 5 heteroatoms. The Morgan fingerprint density at radius 1 is 1.19 bits per heavy atom. The second-order valence-electron chi connectivity index (χ2n) is 9.64. The van der Waals surface area contributed by atoms with Crippen LogP contribution < -0.4 is 0 Å². The summed E-state index contributed by atoms with van der Waals surface area (Å²) in [5.41, 5.74) is -0.289. The first-order chi connectivity index (χ1) is 12.7. The molecule has 5 nitrogen and oxygen atoms in total. The van der Waals surface area contributed by atoms with Crippen LogP contribution in [0.25, 0.3) is 0 Å². The van der Waals surface area contributed by atoms with E-state index in [1.165, 1.54) is 12.7 Å². The largest absolute Gasteiger partial charge is 0.467 e. The zero-order chi connectivity index (χ0) is 19.6. The molecule has 0 spiro atoms. The summed E-state index contributed by atoms with van der Waals surface area (Å²) in [6, 6.07) is 0. The van der Waals surface area contributed by atoms with Crippen LogP contribution >= 0.6 is 0 Å². The van der Waals surface area contributed by atoms with Crippen LogP contribution in [0.15, 0.2) is 11.6 Å². The van der Waals surface area contributed by atoms with Gasteiger partial charge in [-0.1, -0.05) is 19.4 Å². The number of carbonyl (C=O) groups is 2. The number of allylic oxidation sites excluding steroid dienone is 1. The monoisotopic (exact) mass is 376 g/mol. The number of fused-ring (bicyclic) bond motifs is 5. The van der Waals surface area contributed by atoms with Gasteiger partial charge in [0.2, 0.25) is 0 Å². The molecule has 4 aliphatic carbocycles. The lowest BCUT2D eigenvalue weighted by Crippen LogP contribution is -2.62. The summed E-state index contributed by atoms with van der Waals surface area (Å²) in [6.07, 6.45) is 6.73. The molecular formula is C22H32O5. The first kappa shape index (κ1) is 19.1. The molecule has 0 bridgehead atoms. The first-order valence-corrected chi connectivity index (χ1v) is 10.3. The summed E-state index contributed by atoms with van der Waals surface area (Å²) < 4.78 is 11.0. The Morgan fingerprint density at radius 3 is 2.59 bits per heavy atom. The quantitative estimate of drug-likeness (QED) is 0.750. The van der Waals surface area contributed by atoms with Gasteiger partial charge >= 0.3 is 5.97 Å². The SMILES string of the molecule is COC(=O)[C@]1(OC)CCC2C3CCC4=CC(=O)CCC4(C)C3C(O)CC21C. The van der Waals surface area contributed by atoms with E-state index >= 15 is 0 Å². The van der Waals surface area contributed by atoms with E-state index < -0.39 is 17.1 Å². The summed E-state index contributed by atoms with van der Waals surface area (Å²) in [6.45, 7) is 4.36. The van der Waals surface area contributed by atoms with Gasteiger partial charge < -0.3 is 14.6 Å². The molecule has 0 saturated heterocycles. The molecule has 150 valence electrons. The van der Waals surface area contributed by atoms with E-state index in [0.29, 0.717) is 31.1 Å². The standard InChI is InChI=1S/C22H32O5/c1-20-9-7-14(23)11-13(20)5-6-15-16-8-10-22(27-4,19(25)26-3)21(16,2)12-17(24)18(15)20/h11,15-18,24H,5-10,12H2,1-4H3/t15?,16?,17?,18?,20?,21?,22-/m1/s1. The molecule has 0 amide bonds. The number of esters is 1. The third kappa shape index (κ3) is 2.30. The minimum atomic E-state index is -0.974. The van der Waals surface area contributed by atoms with E-state index in [0.717, 1.165) is 25.7 Å². The van der Waals surface area contributed by atoms with Crippen molar-refractivity contribution in [2.45, 2.75) is 70.5 Å². The molecule has 0 aliphatic heterocycles. The van der Waals surface area contributed by atoms with Crippen molar-refractivity contribution in [2.75, 3.05) is 14.2 Å². The topological polar surface area (TPSA) is 72.8 Å². The molecule has 4 rings (SSSR count). The van der Waals surface area contributed by atoms with E-state index in [2.05, 4.69) is 13.8 Å². The van der Waals surface area contributed by atoms with Crippen LogP contribution in [-0.4, -0.2) is 42.8 Å². The van der Waals surface area contributed by atoms with Gasteiger partial charge in [0.15, 0.2) is 11.4 Å². The molecule has 6 unspecified atom stereocenters. The van der Waals surface area contributed by atoms with Gasteiger partial charge in [-0.05, 0) is 67.8 Å². The molecule has 3 saturated carbocycles. The highest BCUT2D eigenvalue weighted by atomic mass is 16.6. The lowest BCUT2D eigenvalue weighted by Gasteiger charge is -2.60. The van der Waals surface area contributed by atoms with Crippen molar-refractivity contribution >= 4 is 11.8 Å². The number of ether oxygens (including phenoxy) is 2. The number of hydrogen-bond donors (Lipinski definition) is 1. The average molecular weight is 376 g/mol. The summed E-state index contributed by atoms with van der Waals surface area (Å²) >= 11 is 0. The molecule has 7 atom stereocenters. The Kier molecular flexibility index (Phi) is 4.36. The van der Waals surface area contributed by atoms with Crippen molar-refractivity contribution in [1.82, 2.24) is 0 Å². The van der Waals surface area contributed by atoms with Gasteiger partial charge in [0.25, 0.3) is 0 Å². The number of aliphatic hydroxyl groups excluding tert-OH is 1. The van der Waals surface area contributed by atoms with Gasteiger partial charge in [0.05, 0.1) is 13.2 Å². The molecule has 27 heavy (non-hydrogen) atoms. The number of carbonyl (C=O) groups excluding carboxylic acids is 2. The molecule has 1 N–H and O–H groups in total. The van der Waals surface area contributed by atoms with E-state index in [-0.39, 0.29) is 23.1 Å². The Labute approximate surface area is 161 Å². The predicted molar refractivity (Wildman–Crippen MR) is 99.9 cm³/mol. The lowest BCUT2D eigenvalue weighted by molar-refractivity contribution is -0.204. The van der Waals surface area contributed by atoms with Crippen molar-refractivity contribution in [1.29, 1.82) is 0 Å². The smallest absolute Gasteiger partial charge is 0.338 e. The van der Waals surface area contributed by atoms with E-state index in [1.807, 2.05) is 6.08 Å². The van der Waals surface area contributed by atoms with Crippen molar-refractivity contribution in [2.24, 2.45) is 28.6 Å². The van der Waals surface area contributed by atoms with E-state index in [4.69, 9.17) is 9.47 Å². The van der Waals surface area contributed by atoms with Crippen LogP contribution in [0.3, 0.4) is 0 Å². The Hall–Kier alpha value is -1.20. The van der Waals surface area contributed by atoms with Gasteiger partial charge in [0.1, 0.15) is 0 Å². The molecule has 0 aromatic rings. The van der Waals surface area contributed by atoms with Crippen molar-refractivity contribution in [3.05, 3.63) is 11.6 Å². The highest BCUT2D eigenvalue weighted by Crippen LogP contribution is 2.68. The van der Waals surface area contributed by atoms with Crippen LogP contribution in [0, 0.1) is 28.6 Å². The van der Waals surface area contributed by atoms with Gasteiger partial charge in [-0.2, -0.15) is 0 Å². The van der Waals surface area contributed by atoms with Crippen LogP contribution in [0.4, 0.5) is 0 Å². The minimum absolute atomic E-state index is 0.110. The van der Waals surface area contributed by atoms with Crippen molar-refractivity contribution in [3.8, 4) is 0 Å². The number of rotatable bonds is 2. The predicted octanol–water partition coefficient (Wildman–Crippen LogP) is 3.05. The molecule has 3 fully saturated rings. The third-order valence-electron chi connectivity index (χ3n) is 8.88. The van der Waals surface area contributed by atoms with Crippen LogP contribution in [0.5, 0.6) is 0 Å². The summed E-state index contributed by atoms with van der Waals surface area (Å²) in [4.78, 5) is 24.7. The van der Waals surface area contributed by atoms with Crippen LogP contribution in [0.2, 0.25) is 0 Å². The molecule has 0 aromatic carbocycles. The second-order valence-corrected chi connectivity index (χ2v) is 9.64. The van der Waals surface area contributed by atoms with Gasteiger partial charge in [0, 0.05) is 18.9 Å². The maximum absolute atomic E-state index is 12.7. The maximum Gasteiger partial charge on any atom is 0.338 e. The Bertz CT molecular complexity index is 699. The summed E-state index contributed by atoms with van der Waals surface area (Å²) in [5.74, 6) is 0.721. The molecule has 0 heterocycles. The van der Waals surface area contributed by atoms with Crippen molar-refractivity contribution in [3.63, 3.8) is 0 Å². The summed E-state index contributed by atoms with van der Waals surface area (Å²) in [7, 11) is 3.01. The van der Waals surface area contributed by atoms with Gasteiger partial charge in [-0.3, -0.25) is 4.79 Å². The zero-order valence-electron chi connectivity index (χ0n) is 16.9. The summed E-state index contributed by atoms with van der Waals surface area (Å²) in [5, 5.41) is 11.3. The molecule has 4 aliphatic rings. The normalized spacial score (nSPS) is 48.9. The first-order valence-electron chi connectivity index (χ1n) is 10.3. The molecule has 0 radical (unpaired) electrons. The highest BCUT2D eigenvalue weighted by molar-refractivity contribution is 5.91. The molecular weight excluding hydrogens is 344 g/mol. The van der Waals surface area contributed by atoms with Crippen LogP contribution in [-0.2, 0) is 19.1 Å². The van der Waals surface area contributed by atoms with E-state index in [9.17, 15) is 14.7 Å². The fourth-order valence-corrected chi connectivity index (χ4v) is 7.59.